The number of aromatic nitrogens is 5. The molecule has 4 N–H and O–H groups in total. The molecule has 4 rings (SSSR count). The maximum absolute atomic E-state index is 14.2. The van der Waals surface area contributed by atoms with E-state index in [1.165, 1.54) is 18.2 Å². The molecule has 0 aliphatic carbocycles. The van der Waals surface area contributed by atoms with Crippen molar-refractivity contribution in [2.75, 3.05) is 16.4 Å². The highest BCUT2D eigenvalue weighted by Gasteiger charge is 2.13. The van der Waals surface area contributed by atoms with Gasteiger partial charge in [-0.15, -0.1) is 0 Å². The summed E-state index contributed by atoms with van der Waals surface area (Å²) in [5.41, 5.74) is 8.73. The van der Waals surface area contributed by atoms with Crippen LogP contribution in [0.4, 0.5) is 33.2 Å². The summed E-state index contributed by atoms with van der Waals surface area (Å²) in [6, 6.07) is 7.98. The van der Waals surface area contributed by atoms with Crippen molar-refractivity contribution >= 4 is 28.8 Å². The Labute approximate surface area is 160 Å². The van der Waals surface area contributed by atoms with Gasteiger partial charge in [0.15, 0.2) is 0 Å². The highest BCUT2D eigenvalue weighted by Crippen LogP contribution is 2.30. The first-order valence-corrected chi connectivity index (χ1v) is 8.43. The lowest BCUT2D eigenvalue weighted by atomic mass is 10.1. The fourth-order valence-corrected chi connectivity index (χ4v) is 2.66. The average molecular weight is 376 g/mol. The Balaban J connectivity index is 1.75. The van der Waals surface area contributed by atoms with Gasteiger partial charge in [0.05, 0.1) is 17.6 Å². The first kappa shape index (κ1) is 17.4. The molecule has 0 unspecified atom stereocenters. The molecule has 3 aromatic heterocycles. The number of halogens is 1. The van der Waals surface area contributed by atoms with Gasteiger partial charge in [-0.1, -0.05) is 0 Å². The predicted octanol–water partition coefficient (Wildman–Crippen LogP) is 3.48. The highest BCUT2D eigenvalue weighted by molar-refractivity contribution is 5.79. The minimum Gasteiger partial charge on any atom is -0.399 e. The van der Waals surface area contributed by atoms with Crippen molar-refractivity contribution in [2.45, 2.75) is 0 Å². The maximum atomic E-state index is 14.2. The molecule has 0 radical (unpaired) electrons. The van der Waals surface area contributed by atoms with E-state index in [1.54, 1.807) is 35.7 Å². The molecule has 0 aliphatic rings. The van der Waals surface area contributed by atoms with Crippen LogP contribution in [0.1, 0.15) is 0 Å². The summed E-state index contributed by atoms with van der Waals surface area (Å²) in [6.45, 7) is 0. The molecule has 140 valence electrons. The number of pyridine rings is 1. The Morgan fingerprint density at radius 3 is 2.64 bits per heavy atom. The van der Waals surface area contributed by atoms with Crippen LogP contribution in [0.3, 0.4) is 0 Å². The van der Waals surface area contributed by atoms with Crippen molar-refractivity contribution in [3.05, 3.63) is 67.1 Å². The van der Waals surface area contributed by atoms with Crippen LogP contribution in [-0.2, 0) is 7.05 Å². The first-order valence-electron chi connectivity index (χ1n) is 8.43. The third-order valence-corrected chi connectivity index (χ3v) is 3.98. The van der Waals surface area contributed by atoms with Gasteiger partial charge in [-0.25, -0.2) is 9.37 Å². The van der Waals surface area contributed by atoms with Gasteiger partial charge in [0, 0.05) is 43.1 Å². The maximum Gasteiger partial charge on any atom is 0.229 e. The molecule has 0 saturated heterocycles. The second-order valence-corrected chi connectivity index (χ2v) is 6.08. The second-order valence-electron chi connectivity index (χ2n) is 6.08. The van der Waals surface area contributed by atoms with Crippen LogP contribution in [0.15, 0.2) is 61.3 Å². The number of hydrogen-bond acceptors (Lipinski definition) is 7. The van der Waals surface area contributed by atoms with Gasteiger partial charge >= 0.3 is 0 Å². The largest absolute Gasteiger partial charge is 0.399 e. The molecule has 0 amide bonds. The van der Waals surface area contributed by atoms with E-state index in [0.29, 0.717) is 23.0 Å². The summed E-state index contributed by atoms with van der Waals surface area (Å²) in [5, 5.41) is 10.2. The number of nitrogens with zero attached hydrogens (tertiary/aromatic N) is 5. The molecule has 3 heterocycles. The Morgan fingerprint density at radius 1 is 1.07 bits per heavy atom. The van der Waals surface area contributed by atoms with Gasteiger partial charge in [-0.05, 0) is 35.9 Å². The van der Waals surface area contributed by atoms with Crippen molar-refractivity contribution < 1.29 is 4.39 Å². The molecule has 0 spiro atoms. The molecule has 28 heavy (non-hydrogen) atoms. The van der Waals surface area contributed by atoms with Gasteiger partial charge in [-0.3, -0.25) is 9.67 Å². The van der Waals surface area contributed by atoms with Crippen molar-refractivity contribution in [3.63, 3.8) is 0 Å². The predicted molar refractivity (Wildman–Crippen MR) is 106 cm³/mol. The molecule has 0 bridgehead atoms. The van der Waals surface area contributed by atoms with E-state index in [2.05, 4.69) is 30.7 Å². The van der Waals surface area contributed by atoms with E-state index in [-0.39, 0.29) is 5.69 Å². The molecule has 0 saturated carbocycles. The van der Waals surface area contributed by atoms with Crippen molar-refractivity contribution in [1.29, 1.82) is 0 Å². The number of rotatable bonds is 5. The molecule has 1 aromatic carbocycles. The van der Waals surface area contributed by atoms with Crippen LogP contribution < -0.4 is 16.4 Å². The molecule has 8 nitrogen and oxygen atoms in total. The van der Waals surface area contributed by atoms with E-state index in [4.69, 9.17) is 5.73 Å². The number of benzene rings is 1. The summed E-state index contributed by atoms with van der Waals surface area (Å²) in [7, 11) is 1.81. The Bertz CT molecular complexity index is 1110. The second kappa shape index (κ2) is 7.31. The van der Waals surface area contributed by atoms with Crippen molar-refractivity contribution in [2.24, 2.45) is 7.05 Å². The molecular weight excluding hydrogens is 359 g/mol. The van der Waals surface area contributed by atoms with Crippen molar-refractivity contribution in [1.82, 2.24) is 24.7 Å². The first-order chi connectivity index (χ1) is 13.6. The SMILES string of the molecule is Cn1cc(Nc2ncc(-c3ccncc3)c(Nc3cc(N)ccc3F)n2)cn1. The van der Waals surface area contributed by atoms with Gasteiger partial charge < -0.3 is 16.4 Å². The van der Waals surface area contributed by atoms with E-state index < -0.39 is 5.82 Å². The van der Waals surface area contributed by atoms with E-state index >= 15 is 0 Å². The lowest BCUT2D eigenvalue weighted by Gasteiger charge is -2.13. The van der Waals surface area contributed by atoms with Crippen LogP contribution in [0.5, 0.6) is 0 Å². The van der Waals surface area contributed by atoms with Crippen LogP contribution in [0.2, 0.25) is 0 Å². The Morgan fingerprint density at radius 2 is 1.89 bits per heavy atom. The van der Waals surface area contributed by atoms with Crippen LogP contribution in [0.25, 0.3) is 11.1 Å². The highest BCUT2D eigenvalue weighted by atomic mass is 19.1. The number of nitrogen functional groups attached to an aromatic ring is 1. The molecule has 0 fully saturated rings. The zero-order valence-electron chi connectivity index (χ0n) is 15.0. The Hall–Kier alpha value is -4.01. The normalized spacial score (nSPS) is 10.6. The molecule has 0 aliphatic heterocycles. The van der Waals surface area contributed by atoms with E-state index in [0.717, 1.165) is 11.3 Å². The summed E-state index contributed by atoms with van der Waals surface area (Å²) in [4.78, 5) is 12.9. The quantitative estimate of drug-likeness (QED) is 0.458. The molecular formula is C19H17FN8. The van der Waals surface area contributed by atoms with Gasteiger partial charge in [0.25, 0.3) is 0 Å². The standard InChI is InChI=1S/C19H17FN8/c1-28-11-14(9-24-28)25-19-23-10-15(12-4-6-22-7-5-12)18(27-19)26-17-8-13(21)2-3-16(17)20/h2-11H,21H2,1H3,(H2,23,25,26,27). The van der Waals surface area contributed by atoms with E-state index in [9.17, 15) is 4.39 Å². The number of aryl methyl sites for hydroxylation is 1. The molecule has 0 atom stereocenters. The van der Waals surface area contributed by atoms with Gasteiger partial charge in [-0.2, -0.15) is 10.1 Å². The summed E-state index contributed by atoms with van der Waals surface area (Å²) in [5.74, 6) is 0.338. The lowest BCUT2D eigenvalue weighted by Crippen LogP contribution is -2.04. The topological polar surface area (TPSA) is 107 Å². The van der Waals surface area contributed by atoms with Crippen LogP contribution in [0, 0.1) is 5.82 Å². The van der Waals surface area contributed by atoms with E-state index in [1.807, 2.05) is 19.2 Å². The molecule has 4 aromatic rings. The number of hydrogen-bond donors (Lipinski definition) is 3. The number of nitrogens with one attached hydrogen (secondary N) is 2. The third-order valence-electron chi connectivity index (χ3n) is 3.98. The lowest BCUT2D eigenvalue weighted by molar-refractivity contribution is 0.632. The number of nitrogens with two attached hydrogens (primary N) is 1. The van der Waals surface area contributed by atoms with Gasteiger partial charge in [0.2, 0.25) is 5.95 Å². The fraction of sp³-hybridized carbons (Fsp3) is 0.0526. The average Bonchev–Trinajstić information content (AvgIpc) is 3.10. The zero-order chi connectivity index (χ0) is 19.5. The molecule has 9 heteroatoms. The van der Waals surface area contributed by atoms with Crippen molar-refractivity contribution in [3.8, 4) is 11.1 Å². The van der Waals surface area contributed by atoms with Gasteiger partial charge in [0.1, 0.15) is 11.6 Å². The minimum absolute atomic E-state index is 0.223. The number of anilines is 5. The summed E-state index contributed by atoms with van der Waals surface area (Å²) < 4.78 is 15.9. The third kappa shape index (κ3) is 3.73. The zero-order valence-corrected chi connectivity index (χ0v) is 15.0. The Kier molecular flexibility index (Phi) is 4.55. The summed E-state index contributed by atoms with van der Waals surface area (Å²) >= 11 is 0. The minimum atomic E-state index is -0.435. The monoisotopic (exact) mass is 376 g/mol. The van der Waals surface area contributed by atoms with Crippen LogP contribution in [-0.4, -0.2) is 24.7 Å². The smallest absolute Gasteiger partial charge is 0.229 e. The fourth-order valence-electron chi connectivity index (χ4n) is 2.66. The van der Waals surface area contributed by atoms with Crippen LogP contribution >= 0.6 is 0 Å². The summed E-state index contributed by atoms with van der Waals surface area (Å²) in [6.07, 6.45) is 8.45.